The van der Waals surface area contributed by atoms with E-state index in [9.17, 15) is 4.39 Å². The summed E-state index contributed by atoms with van der Waals surface area (Å²) in [6, 6.07) is 4.78. The van der Waals surface area contributed by atoms with E-state index in [1.165, 1.54) is 6.07 Å². The smallest absolute Gasteiger partial charge is 0.169 e. The Hall–Kier alpha value is -1.55. The van der Waals surface area contributed by atoms with Crippen LogP contribution in [0.4, 0.5) is 10.2 Å². The summed E-state index contributed by atoms with van der Waals surface area (Å²) in [5, 5.41) is 3.66. The summed E-state index contributed by atoms with van der Waals surface area (Å²) in [5.41, 5.74) is 6.68. The minimum Gasteiger partial charge on any atom is -0.381 e. The number of hydrogen-bond acceptors (Lipinski definition) is 3. The van der Waals surface area contributed by atoms with Crippen molar-refractivity contribution in [2.45, 2.75) is 19.8 Å². The van der Waals surface area contributed by atoms with E-state index in [1.807, 2.05) is 13.8 Å². The van der Waals surface area contributed by atoms with Crippen molar-refractivity contribution in [2.24, 2.45) is 0 Å². The summed E-state index contributed by atoms with van der Waals surface area (Å²) in [4.78, 5) is 0. The molecule has 1 aromatic carbocycles. The molecule has 2 aromatic rings. The molecule has 0 aliphatic heterocycles. The number of anilines is 1. The molecule has 1 aromatic heterocycles. The van der Waals surface area contributed by atoms with Crippen LogP contribution in [0.25, 0.3) is 11.3 Å². The maximum Gasteiger partial charge on any atom is 0.169 e. The predicted octanol–water partition coefficient (Wildman–Crippen LogP) is 3.84. The fourth-order valence-electron chi connectivity index (χ4n) is 1.60. The Balaban J connectivity index is 2.56. The SMILES string of the molecule is CC(C)c1cc(-c2cc(N)no2)cc(Cl)c1F. The van der Waals surface area contributed by atoms with Gasteiger partial charge in [-0.25, -0.2) is 4.39 Å². The first-order valence-corrected chi connectivity index (χ1v) is 5.58. The molecule has 3 nitrogen and oxygen atoms in total. The molecule has 0 unspecified atom stereocenters. The van der Waals surface area contributed by atoms with E-state index in [2.05, 4.69) is 5.16 Å². The fraction of sp³-hybridized carbons (Fsp3) is 0.250. The van der Waals surface area contributed by atoms with Gasteiger partial charge in [0.05, 0.1) is 5.02 Å². The van der Waals surface area contributed by atoms with Crippen LogP contribution in [0.1, 0.15) is 25.3 Å². The summed E-state index contributed by atoms with van der Waals surface area (Å²) in [6.45, 7) is 3.79. The number of hydrogen-bond donors (Lipinski definition) is 1. The van der Waals surface area contributed by atoms with Crippen molar-refractivity contribution in [2.75, 3.05) is 5.73 Å². The van der Waals surface area contributed by atoms with Crippen LogP contribution < -0.4 is 5.73 Å². The average Bonchev–Trinajstić information content (AvgIpc) is 2.68. The van der Waals surface area contributed by atoms with Gasteiger partial charge < -0.3 is 10.3 Å². The Bertz CT molecular complexity index is 551. The van der Waals surface area contributed by atoms with E-state index in [1.54, 1.807) is 12.1 Å². The molecule has 0 saturated heterocycles. The molecule has 5 heteroatoms. The molecule has 0 spiro atoms. The highest BCUT2D eigenvalue weighted by molar-refractivity contribution is 6.31. The number of rotatable bonds is 2. The van der Waals surface area contributed by atoms with Gasteiger partial charge in [0.2, 0.25) is 0 Å². The number of nitrogens with two attached hydrogens (primary N) is 1. The highest BCUT2D eigenvalue weighted by Gasteiger charge is 2.15. The summed E-state index contributed by atoms with van der Waals surface area (Å²) >= 11 is 5.85. The second-order valence-corrected chi connectivity index (χ2v) is 4.54. The summed E-state index contributed by atoms with van der Waals surface area (Å²) < 4.78 is 18.8. The lowest BCUT2D eigenvalue weighted by atomic mass is 9.99. The molecule has 90 valence electrons. The first kappa shape index (κ1) is 11.9. The predicted molar refractivity (Wildman–Crippen MR) is 65.4 cm³/mol. The number of nitrogen functional groups attached to an aromatic ring is 1. The lowest BCUT2D eigenvalue weighted by Gasteiger charge is -2.09. The lowest BCUT2D eigenvalue weighted by Crippen LogP contribution is -1.95. The average molecular weight is 255 g/mol. The Labute approximate surface area is 103 Å². The summed E-state index contributed by atoms with van der Waals surface area (Å²) in [6.07, 6.45) is 0. The summed E-state index contributed by atoms with van der Waals surface area (Å²) in [5.74, 6) is 0.406. The van der Waals surface area contributed by atoms with Gasteiger partial charge in [-0.15, -0.1) is 0 Å². The van der Waals surface area contributed by atoms with E-state index in [0.29, 0.717) is 16.9 Å². The molecule has 0 bridgehead atoms. The van der Waals surface area contributed by atoms with Gasteiger partial charge >= 0.3 is 0 Å². The quantitative estimate of drug-likeness (QED) is 0.886. The second-order valence-electron chi connectivity index (χ2n) is 4.13. The molecular formula is C12H12ClFN2O. The van der Waals surface area contributed by atoms with Crippen molar-refractivity contribution in [1.82, 2.24) is 5.16 Å². The molecule has 0 radical (unpaired) electrons. The number of halogens is 2. The zero-order chi connectivity index (χ0) is 12.6. The second kappa shape index (κ2) is 4.37. The third-order valence-corrected chi connectivity index (χ3v) is 2.77. The molecule has 0 aliphatic carbocycles. The zero-order valence-corrected chi connectivity index (χ0v) is 10.3. The molecule has 0 amide bonds. The largest absolute Gasteiger partial charge is 0.381 e. The monoisotopic (exact) mass is 254 g/mol. The van der Waals surface area contributed by atoms with Gasteiger partial charge in [-0.2, -0.15) is 0 Å². The molecule has 2 rings (SSSR count). The van der Waals surface area contributed by atoms with Crippen molar-refractivity contribution in [1.29, 1.82) is 0 Å². The molecule has 2 N–H and O–H groups in total. The van der Waals surface area contributed by atoms with Crippen LogP contribution in [0.3, 0.4) is 0 Å². The van der Waals surface area contributed by atoms with Crippen molar-refractivity contribution in [3.05, 3.63) is 34.6 Å². The Morgan fingerprint density at radius 2 is 2.06 bits per heavy atom. The highest BCUT2D eigenvalue weighted by Crippen LogP contribution is 2.31. The van der Waals surface area contributed by atoms with Gasteiger partial charge in [-0.05, 0) is 23.6 Å². The topological polar surface area (TPSA) is 52.0 Å². The first-order valence-electron chi connectivity index (χ1n) is 5.20. The van der Waals surface area contributed by atoms with E-state index < -0.39 is 5.82 Å². The third-order valence-electron chi connectivity index (χ3n) is 2.49. The Morgan fingerprint density at radius 3 is 2.59 bits per heavy atom. The van der Waals surface area contributed by atoms with Gasteiger partial charge in [-0.3, -0.25) is 0 Å². The fourth-order valence-corrected chi connectivity index (χ4v) is 1.82. The third kappa shape index (κ3) is 2.26. The van der Waals surface area contributed by atoms with Crippen LogP contribution in [0.15, 0.2) is 22.7 Å². The highest BCUT2D eigenvalue weighted by atomic mass is 35.5. The van der Waals surface area contributed by atoms with Crippen molar-refractivity contribution >= 4 is 17.4 Å². The van der Waals surface area contributed by atoms with Crippen LogP contribution >= 0.6 is 11.6 Å². The molecule has 0 aliphatic rings. The first-order chi connectivity index (χ1) is 7.99. The molecule has 17 heavy (non-hydrogen) atoms. The molecular weight excluding hydrogens is 243 g/mol. The van der Waals surface area contributed by atoms with Gasteiger partial charge in [0.1, 0.15) is 5.82 Å². The molecule has 1 heterocycles. The van der Waals surface area contributed by atoms with Gasteiger partial charge in [0.15, 0.2) is 11.6 Å². The zero-order valence-electron chi connectivity index (χ0n) is 9.50. The van der Waals surface area contributed by atoms with Crippen LogP contribution in [0.2, 0.25) is 5.02 Å². The normalized spacial score (nSPS) is 11.1. The maximum absolute atomic E-state index is 13.8. The number of benzene rings is 1. The lowest BCUT2D eigenvalue weighted by molar-refractivity contribution is 0.435. The number of nitrogens with zero attached hydrogens (tertiary/aromatic N) is 1. The Morgan fingerprint density at radius 1 is 1.35 bits per heavy atom. The van der Waals surface area contributed by atoms with Gasteiger partial charge in [0.25, 0.3) is 0 Å². The minimum absolute atomic E-state index is 0.0349. The van der Waals surface area contributed by atoms with E-state index in [0.717, 1.165) is 0 Å². The van der Waals surface area contributed by atoms with Crippen LogP contribution in [-0.4, -0.2) is 5.16 Å². The summed E-state index contributed by atoms with van der Waals surface area (Å²) in [7, 11) is 0. The molecule has 0 fully saturated rings. The van der Waals surface area contributed by atoms with E-state index in [-0.39, 0.29) is 16.8 Å². The standard InChI is InChI=1S/C12H12ClFN2O/c1-6(2)8-3-7(4-9(13)12(8)14)10-5-11(15)16-17-10/h3-6H,1-2H3,(H2,15,16). The number of aromatic nitrogens is 1. The molecule has 0 saturated carbocycles. The Kier molecular flexibility index (Phi) is 3.07. The van der Waals surface area contributed by atoms with Crippen LogP contribution in [0, 0.1) is 5.82 Å². The molecule has 0 atom stereocenters. The maximum atomic E-state index is 13.8. The van der Waals surface area contributed by atoms with Crippen molar-refractivity contribution < 1.29 is 8.91 Å². The van der Waals surface area contributed by atoms with E-state index >= 15 is 0 Å². The van der Waals surface area contributed by atoms with Crippen molar-refractivity contribution in [3.8, 4) is 11.3 Å². The van der Waals surface area contributed by atoms with Gasteiger partial charge in [0, 0.05) is 11.6 Å². The van der Waals surface area contributed by atoms with Crippen LogP contribution in [0.5, 0.6) is 0 Å². The minimum atomic E-state index is -0.391. The van der Waals surface area contributed by atoms with Crippen molar-refractivity contribution in [3.63, 3.8) is 0 Å². The van der Waals surface area contributed by atoms with E-state index in [4.69, 9.17) is 21.9 Å². The van der Waals surface area contributed by atoms with Gasteiger partial charge in [-0.1, -0.05) is 30.6 Å². The van der Waals surface area contributed by atoms with Crippen LogP contribution in [-0.2, 0) is 0 Å².